The van der Waals surface area contributed by atoms with Crippen molar-refractivity contribution in [3.05, 3.63) is 35.9 Å². The van der Waals surface area contributed by atoms with Crippen LogP contribution in [0.25, 0.3) is 0 Å². The minimum Gasteiger partial charge on any atom is -0.341 e. The summed E-state index contributed by atoms with van der Waals surface area (Å²) >= 11 is 0. The van der Waals surface area contributed by atoms with Gasteiger partial charge in [0.2, 0.25) is 5.91 Å². The first-order valence-corrected chi connectivity index (χ1v) is 9.47. The molecular weight excluding hydrogens is 330 g/mol. The van der Waals surface area contributed by atoms with Crippen molar-refractivity contribution in [2.45, 2.75) is 52.0 Å². The highest BCUT2D eigenvalue weighted by Crippen LogP contribution is 2.33. The second kappa shape index (κ2) is 8.83. The van der Waals surface area contributed by atoms with Crippen molar-refractivity contribution in [2.75, 3.05) is 19.6 Å². The van der Waals surface area contributed by atoms with Crippen LogP contribution in [0, 0.1) is 0 Å². The zero-order valence-corrected chi connectivity index (χ0v) is 16.0. The third kappa shape index (κ3) is 3.89. The van der Waals surface area contributed by atoms with E-state index in [-0.39, 0.29) is 18.4 Å². The Bertz CT molecular complexity index is 641. The number of nitrogens with one attached hydrogen (secondary N) is 1. The van der Waals surface area contributed by atoms with Gasteiger partial charge in [-0.05, 0) is 24.8 Å². The molecule has 1 aromatic carbocycles. The van der Waals surface area contributed by atoms with E-state index in [1.807, 2.05) is 51.1 Å². The van der Waals surface area contributed by atoms with Crippen LogP contribution in [0.3, 0.4) is 0 Å². The molecule has 142 valence electrons. The summed E-state index contributed by atoms with van der Waals surface area (Å²) in [5.74, 6) is -0.519. The summed E-state index contributed by atoms with van der Waals surface area (Å²) in [7, 11) is 0. The molecule has 0 aromatic heterocycles. The fraction of sp³-hybridized carbons (Fsp3) is 0.550. The lowest BCUT2D eigenvalue weighted by Gasteiger charge is -2.27. The predicted molar refractivity (Wildman–Crippen MR) is 100 cm³/mol. The Labute approximate surface area is 155 Å². The number of imide groups is 1. The lowest BCUT2D eigenvalue weighted by atomic mass is 9.85. The van der Waals surface area contributed by atoms with Crippen LogP contribution in [0.15, 0.2) is 30.3 Å². The van der Waals surface area contributed by atoms with E-state index in [1.54, 1.807) is 4.90 Å². The number of rotatable bonds is 9. The molecule has 0 spiro atoms. The number of urea groups is 1. The van der Waals surface area contributed by atoms with Crippen LogP contribution in [-0.4, -0.2) is 47.3 Å². The minimum absolute atomic E-state index is 0.183. The largest absolute Gasteiger partial charge is 0.341 e. The van der Waals surface area contributed by atoms with Gasteiger partial charge in [-0.15, -0.1) is 0 Å². The van der Waals surface area contributed by atoms with Crippen molar-refractivity contribution in [3.8, 4) is 0 Å². The Kier molecular flexibility index (Phi) is 6.77. The quantitative estimate of drug-likeness (QED) is 0.689. The maximum atomic E-state index is 13.2. The van der Waals surface area contributed by atoms with E-state index in [9.17, 15) is 14.4 Å². The SMILES string of the molecule is CCCN(CCC)C(=O)CN1C(=O)N[C@@](CCC)(c2ccccc2)C1=O. The van der Waals surface area contributed by atoms with E-state index in [1.165, 1.54) is 0 Å². The molecule has 1 aliphatic heterocycles. The van der Waals surface area contributed by atoms with Gasteiger partial charge in [0.1, 0.15) is 12.1 Å². The molecule has 6 heteroatoms. The molecule has 1 saturated heterocycles. The first-order chi connectivity index (χ1) is 12.5. The van der Waals surface area contributed by atoms with Crippen molar-refractivity contribution < 1.29 is 14.4 Å². The van der Waals surface area contributed by atoms with E-state index >= 15 is 0 Å². The Morgan fingerprint density at radius 3 is 2.19 bits per heavy atom. The third-order valence-electron chi connectivity index (χ3n) is 4.70. The highest BCUT2D eigenvalue weighted by atomic mass is 16.2. The Morgan fingerprint density at radius 1 is 1.04 bits per heavy atom. The summed E-state index contributed by atoms with van der Waals surface area (Å²) in [6.45, 7) is 7.05. The maximum Gasteiger partial charge on any atom is 0.325 e. The van der Waals surface area contributed by atoms with Crippen molar-refractivity contribution in [2.24, 2.45) is 0 Å². The normalized spacial score (nSPS) is 19.6. The summed E-state index contributed by atoms with van der Waals surface area (Å²) in [5, 5.41) is 2.86. The van der Waals surface area contributed by atoms with Gasteiger partial charge in [0.05, 0.1) is 0 Å². The molecule has 26 heavy (non-hydrogen) atoms. The van der Waals surface area contributed by atoms with Gasteiger partial charge >= 0.3 is 6.03 Å². The molecule has 2 rings (SSSR count). The van der Waals surface area contributed by atoms with Gasteiger partial charge in [-0.2, -0.15) is 0 Å². The molecule has 1 N–H and O–H groups in total. The van der Waals surface area contributed by atoms with Crippen molar-refractivity contribution in [1.82, 2.24) is 15.1 Å². The van der Waals surface area contributed by atoms with Gasteiger partial charge in [-0.1, -0.05) is 57.5 Å². The number of carbonyl (C=O) groups is 3. The zero-order chi connectivity index (χ0) is 19.2. The van der Waals surface area contributed by atoms with Crippen LogP contribution < -0.4 is 5.32 Å². The van der Waals surface area contributed by atoms with E-state index in [4.69, 9.17) is 0 Å². The number of benzene rings is 1. The van der Waals surface area contributed by atoms with Gasteiger partial charge in [0.25, 0.3) is 5.91 Å². The lowest BCUT2D eigenvalue weighted by Crippen LogP contribution is -2.46. The van der Waals surface area contributed by atoms with E-state index < -0.39 is 11.6 Å². The minimum atomic E-state index is -1.08. The van der Waals surface area contributed by atoms with Crippen molar-refractivity contribution in [1.29, 1.82) is 0 Å². The lowest BCUT2D eigenvalue weighted by molar-refractivity contribution is -0.139. The Balaban J connectivity index is 2.25. The first kappa shape index (κ1) is 19.9. The molecule has 1 atom stereocenters. The third-order valence-corrected chi connectivity index (χ3v) is 4.70. The number of amides is 4. The van der Waals surface area contributed by atoms with E-state index in [0.717, 1.165) is 29.7 Å². The van der Waals surface area contributed by atoms with Crippen LogP contribution in [0.2, 0.25) is 0 Å². The molecule has 1 fully saturated rings. The first-order valence-electron chi connectivity index (χ1n) is 9.47. The second-order valence-corrected chi connectivity index (χ2v) is 6.72. The van der Waals surface area contributed by atoms with E-state index in [0.29, 0.717) is 19.5 Å². The van der Waals surface area contributed by atoms with Crippen LogP contribution >= 0.6 is 0 Å². The highest BCUT2D eigenvalue weighted by molar-refractivity contribution is 6.09. The van der Waals surface area contributed by atoms with Crippen molar-refractivity contribution >= 4 is 17.8 Å². The predicted octanol–water partition coefficient (Wildman–Crippen LogP) is 2.88. The molecule has 0 aliphatic carbocycles. The zero-order valence-electron chi connectivity index (χ0n) is 16.0. The fourth-order valence-electron chi connectivity index (χ4n) is 3.51. The van der Waals surface area contributed by atoms with Crippen molar-refractivity contribution in [3.63, 3.8) is 0 Å². The molecule has 6 nitrogen and oxygen atoms in total. The van der Waals surface area contributed by atoms with E-state index in [2.05, 4.69) is 5.32 Å². The average Bonchev–Trinajstić information content (AvgIpc) is 2.87. The van der Waals surface area contributed by atoms with Crippen LogP contribution in [-0.2, 0) is 15.1 Å². The molecule has 4 amide bonds. The molecule has 0 radical (unpaired) electrons. The Morgan fingerprint density at radius 2 is 1.65 bits per heavy atom. The van der Waals surface area contributed by atoms with Gasteiger partial charge in [-0.3, -0.25) is 14.5 Å². The average molecular weight is 359 g/mol. The molecule has 0 saturated carbocycles. The van der Waals surface area contributed by atoms with Gasteiger partial charge in [0, 0.05) is 13.1 Å². The molecule has 1 aromatic rings. The van der Waals surface area contributed by atoms with Crippen LogP contribution in [0.5, 0.6) is 0 Å². The number of hydrogen-bond acceptors (Lipinski definition) is 3. The van der Waals surface area contributed by atoms with Gasteiger partial charge in [-0.25, -0.2) is 4.79 Å². The molecule has 1 heterocycles. The topological polar surface area (TPSA) is 69.7 Å². The molecule has 0 bridgehead atoms. The number of hydrogen-bond donors (Lipinski definition) is 1. The molecule has 0 unspecified atom stereocenters. The van der Waals surface area contributed by atoms with Gasteiger partial charge in [0.15, 0.2) is 0 Å². The summed E-state index contributed by atoms with van der Waals surface area (Å²) < 4.78 is 0. The monoisotopic (exact) mass is 359 g/mol. The standard InChI is InChI=1S/C20H29N3O3/c1-4-12-20(16-10-8-7-9-11-16)18(25)23(19(26)21-20)15-17(24)22(13-5-2)14-6-3/h7-11H,4-6,12-15H2,1-3H3,(H,21,26)/t20-/m0/s1. The van der Waals surface area contributed by atoms with Crippen LogP contribution in [0.1, 0.15) is 52.0 Å². The molecule has 1 aliphatic rings. The number of carbonyl (C=O) groups excluding carboxylic acids is 3. The summed E-state index contributed by atoms with van der Waals surface area (Å²) in [5.41, 5.74) is -0.317. The Hall–Kier alpha value is -2.37. The molecular formula is C20H29N3O3. The van der Waals surface area contributed by atoms with Crippen LogP contribution in [0.4, 0.5) is 4.79 Å². The number of nitrogens with zero attached hydrogens (tertiary/aromatic N) is 2. The summed E-state index contributed by atoms with van der Waals surface area (Å²) in [6.07, 6.45) is 2.92. The smallest absolute Gasteiger partial charge is 0.325 e. The summed E-state index contributed by atoms with van der Waals surface area (Å²) in [6, 6.07) is 8.78. The summed E-state index contributed by atoms with van der Waals surface area (Å²) in [4.78, 5) is 41.1. The fourth-order valence-corrected chi connectivity index (χ4v) is 3.51. The maximum absolute atomic E-state index is 13.2. The van der Waals surface area contributed by atoms with Gasteiger partial charge < -0.3 is 10.2 Å². The second-order valence-electron chi connectivity index (χ2n) is 6.72. The highest BCUT2D eigenvalue weighted by Gasteiger charge is 2.52.